The maximum Gasteiger partial charge on any atom is 0.123 e. The van der Waals surface area contributed by atoms with Crippen LogP contribution in [0, 0.1) is 0 Å². The second-order valence-electron chi connectivity index (χ2n) is 3.87. The minimum Gasteiger partial charge on any atom is -0.494 e. The number of halogens is 2. The summed E-state index contributed by atoms with van der Waals surface area (Å²) >= 11 is 9.40. The molecule has 2 rings (SSSR count). The molecule has 0 fully saturated rings. The normalized spacial score (nSPS) is 10.3. The molecule has 0 atom stereocenters. The molecule has 0 radical (unpaired) electrons. The summed E-state index contributed by atoms with van der Waals surface area (Å²) < 4.78 is 6.44. The summed E-state index contributed by atoms with van der Waals surface area (Å²) in [6.45, 7) is 2.59. The van der Waals surface area contributed by atoms with Gasteiger partial charge in [-0.15, -0.1) is 11.6 Å². The molecule has 3 nitrogen and oxygen atoms in total. The van der Waals surface area contributed by atoms with Gasteiger partial charge in [-0.1, -0.05) is 0 Å². The monoisotopic (exact) mass is 340 g/mol. The molecule has 1 aromatic heterocycles. The Morgan fingerprint density at radius 2 is 2.21 bits per heavy atom. The Hall–Kier alpha value is -1.26. The highest BCUT2D eigenvalue weighted by molar-refractivity contribution is 9.10. The fraction of sp³-hybridized carbons (Fsp3) is 0.214. The van der Waals surface area contributed by atoms with Gasteiger partial charge < -0.3 is 10.1 Å². The van der Waals surface area contributed by atoms with Gasteiger partial charge in [0.25, 0.3) is 0 Å². The molecule has 0 unspecified atom stereocenters. The highest BCUT2D eigenvalue weighted by Crippen LogP contribution is 2.29. The largest absolute Gasteiger partial charge is 0.494 e. The van der Waals surface area contributed by atoms with Crippen LogP contribution >= 0.6 is 27.5 Å². The minimum atomic E-state index is 0.419. The van der Waals surface area contributed by atoms with E-state index in [4.69, 9.17) is 16.3 Å². The van der Waals surface area contributed by atoms with Gasteiger partial charge in [0.05, 0.1) is 22.6 Å². The third kappa shape index (κ3) is 3.61. The minimum absolute atomic E-state index is 0.419. The number of hydrogen-bond donors (Lipinski definition) is 1. The molecule has 0 spiro atoms. The van der Waals surface area contributed by atoms with Gasteiger partial charge in [-0.05, 0) is 47.1 Å². The predicted molar refractivity (Wildman–Crippen MR) is 82.4 cm³/mol. The van der Waals surface area contributed by atoms with E-state index < -0.39 is 0 Å². The van der Waals surface area contributed by atoms with Crippen LogP contribution in [0.3, 0.4) is 0 Å². The SMILES string of the molecule is CCOc1ccc(Nc2ccncc2Br)cc1CCl. The van der Waals surface area contributed by atoms with E-state index >= 15 is 0 Å². The first-order chi connectivity index (χ1) is 9.24. The Kier molecular flexibility index (Phi) is 5.05. The quantitative estimate of drug-likeness (QED) is 0.799. The van der Waals surface area contributed by atoms with E-state index in [1.807, 2.05) is 31.2 Å². The fourth-order valence-corrected chi connectivity index (χ4v) is 2.25. The smallest absolute Gasteiger partial charge is 0.123 e. The van der Waals surface area contributed by atoms with Crippen molar-refractivity contribution in [1.82, 2.24) is 4.98 Å². The molecule has 0 aliphatic heterocycles. The van der Waals surface area contributed by atoms with Gasteiger partial charge in [0.1, 0.15) is 5.75 Å². The molecule has 0 bridgehead atoms. The van der Waals surface area contributed by atoms with E-state index in [1.165, 1.54) is 0 Å². The summed E-state index contributed by atoms with van der Waals surface area (Å²) in [4.78, 5) is 4.03. The average molecular weight is 342 g/mol. The van der Waals surface area contributed by atoms with Crippen LogP contribution in [0.1, 0.15) is 12.5 Å². The maximum absolute atomic E-state index is 5.95. The fourth-order valence-electron chi connectivity index (χ4n) is 1.69. The topological polar surface area (TPSA) is 34.1 Å². The van der Waals surface area contributed by atoms with Gasteiger partial charge >= 0.3 is 0 Å². The van der Waals surface area contributed by atoms with E-state index in [0.29, 0.717) is 12.5 Å². The van der Waals surface area contributed by atoms with Gasteiger partial charge in [-0.3, -0.25) is 4.98 Å². The first-order valence-electron chi connectivity index (χ1n) is 5.92. The van der Waals surface area contributed by atoms with Crippen molar-refractivity contribution in [2.75, 3.05) is 11.9 Å². The van der Waals surface area contributed by atoms with Gasteiger partial charge in [0.15, 0.2) is 0 Å². The Bertz CT molecular complexity index is 563. The van der Waals surface area contributed by atoms with Crippen molar-refractivity contribution in [3.05, 3.63) is 46.7 Å². The van der Waals surface area contributed by atoms with Gasteiger partial charge in [-0.25, -0.2) is 0 Å². The van der Waals surface area contributed by atoms with Crippen LogP contribution in [0.25, 0.3) is 0 Å². The molecular weight excluding hydrogens is 328 g/mol. The number of aromatic nitrogens is 1. The van der Waals surface area contributed by atoms with E-state index in [-0.39, 0.29) is 0 Å². The van der Waals surface area contributed by atoms with E-state index in [0.717, 1.165) is 27.2 Å². The molecule has 1 aromatic carbocycles. The van der Waals surface area contributed by atoms with Gasteiger partial charge in [0, 0.05) is 23.6 Å². The zero-order valence-electron chi connectivity index (χ0n) is 10.5. The lowest BCUT2D eigenvalue weighted by Gasteiger charge is -2.12. The summed E-state index contributed by atoms with van der Waals surface area (Å²) in [6, 6.07) is 7.79. The first-order valence-corrected chi connectivity index (χ1v) is 7.25. The molecule has 5 heteroatoms. The van der Waals surface area contributed by atoms with Crippen molar-refractivity contribution in [2.45, 2.75) is 12.8 Å². The maximum atomic E-state index is 5.95. The van der Waals surface area contributed by atoms with Crippen LogP contribution in [-0.2, 0) is 5.88 Å². The van der Waals surface area contributed by atoms with Crippen LogP contribution in [0.15, 0.2) is 41.1 Å². The number of benzene rings is 1. The summed E-state index contributed by atoms with van der Waals surface area (Å²) in [5.74, 6) is 1.25. The molecule has 0 saturated carbocycles. The number of alkyl halides is 1. The zero-order chi connectivity index (χ0) is 13.7. The Balaban J connectivity index is 2.24. The summed E-state index contributed by atoms with van der Waals surface area (Å²) in [5, 5.41) is 3.32. The average Bonchev–Trinajstić information content (AvgIpc) is 2.43. The predicted octanol–water partition coefficient (Wildman–Crippen LogP) is 4.73. The Morgan fingerprint density at radius 1 is 1.37 bits per heavy atom. The van der Waals surface area contributed by atoms with E-state index in [9.17, 15) is 0 Å². The van der Waals surface area contributed by atoms with E-state index in [2.05, 4.69) is 26.2 Å². The van der Waals surface area contributed by atoms with Crippen LogP contribution in [0.4, 0.5) is 11.4 Å². The van der Waals surface area contributed by atoms with Crippen LogP contribution < -0.4 is 10.1 Å². The summed E-state index contributed by atoms with van der Waals surface area (Å²) in [7, 11) is 0. The number of nitrogens with one attached hydrogen (secondary N) is 1. The van der Waals surface area contributed by atoms with Crippen molar-refractivity contribution in [2.24, 2.45) is 0 Å². The van der Waals surface area contributed by atoms with Crippen LogP contribution in [0.2, 0.25) is 0 Å². The van der Waals surface area contributed by atoms with Crippen molar-refractivity contribution in [3.8, 4) is 5.75 Å². The number of hydrogen-bond acceptors (Lipinski definition) is 3. The molecular formula is C14H14BrClN2O. The highest BCUT2D eigenvalue weighted by atomic mass is 79.9. The summed E-state index contributed by atoms with van der Waals surface area (Å²) in [6.07, 6.45) is 3.49. The molecule has 19 heavy (non-hydrogen) atoms. The molecule has 2 aromatic rings. The van der Waals surface area contributed by atoms with Crippen molar-refractivity contribution in [1.29, 1.82) is 0 Å². The van der Waals surface area contributed by atoms with Crippen molar-refractivity contribution < 1.29 is 4.74 Å². The molecule has 100 valence electrons. The van der Waals surface area contributed by atoms with Crippen molar-refractivity contribution >= 4 is 38.9 Å². The van der Waals surface area contributed by atoms with Crippen LogP contribution in [0.5, 0.6) is 5.75 Å². The second-order valence-corrected chi connectivity index (χ2v) is 4.99. The lowest BCUT2D eigenvalue weighted by Crippen LogP contribution is -1.97. The standard InChI is InChI=1S/C14H14BrClN2O/c1-2-19-14-4-3-11(7-10(14)8-16)18-13-5-6-17-9-12(13)15/h3-7,9H,2,8H2,1H3,(H,17,18). The third-order valence-corrected chi connectivity index (χ3v) is 3.48. The zero-order valence-corrected chi connectivity index (χ0v) is 12.8. The van der Waals surface area contributed by atoms with Gasteiger partial charge in [0.2, 0.25) is 0 Å². The Labute approximate surface area is 126 Å². The first kappa shape index (κ1) is 14.2. The number of pyridine rings is 1. The third-order valence-electron chi connectivity index (χ3n) is 2.56. The number of anilines is 2. The molecule has 0 aliphatic carbocycles. The second kappa shape index (κ2) is 6.78. The summed E-state index contributed by atoms with van der Waals surface area (Å²) in [5.41, 5.74) is 2.89. The molecule has 1 N–H and O–H groups in total. The molecule has 0 aliphatic rings. The highest BCUT2D eigenvalue weighted by Gasteiger charge is 2.05. The molecule has 0 amide bonds. The van der Waals surface area contributed by atoms with Crippen molar-refractivity contribution in [3.63, 3.8) is 0 Å². The number of ether oxygens (including phenoxy) is 1. The number of nitrogens with zero attached hydrogens (tertiary/aromatic N) is 1. The van der Waals surface area contributed by atoms with Crippen LogP contribution in [-0.4, -0.2) is 11.6 Å². The molecule has 0 saturated heterocycles. The van der Waals surface area contributed by atoms with Gasteiger partial charge in [-0.2, -0.15) is 0 Å². The molecule has 1 heterocycles. The lowest BCUT2D eigenvalue weighted by molar-refractivity contribution is 0.337. The Morgan fingerprint density at radius 3 is 2.89 bits per heavy atom. The lowest BCUT2D eigenvalue weighted by atomic mass is 10.2. The van der Waals surface area contributed by atoms with E-state index in [1.54, 1.807) is 12.4 Å². The number of rotatable bonds is 5.